The molecule has 1 atom stereocenters. The van der Waals surface area contributed by atoms with E-state index in [0.29, 0.717) is 17.9 Å². The van der Waals surface area contributed by atoms with Gasteiger partial charge in [0.25, 0.3) is 0 Å². The summed E-state index contributed by atoms with van der Waals surface area (Å²) < 4.78 is 6.30. The minimum atomic E-state index is -1.88. The molecule has 0 aliphatic heterocycles. The molecule has 0 amide bonds. The van der Waals surface area contributed by atoms with Gasteiger partial charge < -0.3 is 4.43 Å². The van der Waals surface area contributed by atoms with Gasteiger partial charge in [0.15, 0.2) is 5.78 Å². The molecule has 140 valence electrons. The summed E-state index contributed by atoms with van der Waals surface area (Å²) in [6.07, 6.45) is 0.632. The van der Waals surface area contributed by atoms with Crippen LogP contribution in [0.2, 0.25) is 18.1 Å². The molecule has 2 aromatic carbocycles. The lowest BCUT2D eigenvalue weighted by molar-refractivity contribution is 0.0957. The van der Waals surface area contributed by atoms with E-state index >= 15 is 0 Å². The first-order valence-corrected chi connectivity index (χ1v) is 12.5. The first-order chi connectivity index (χ1) is 12.2. The molecular weight excluding hydrogens is 360 g/mol. The third-order valence-electron chi connectivity index (χ3n) is 5.23. The molecule has 0 saturated heterocycles. The van der Waals surface area contributed by atoms with E-state index in [0.717, 1.165) is 11.3 Å². The number of ketones is 1. The largest absolute Gasteiger partial charge is 0.544 e. The number of benzene rings is 2. The summed E-state index contributed by atoms with van der Waals surface area (Å²) in [7, 11) is -1.88. The molecule has 0 aromatic heterocycles. The second kappa shape index (κ2) is 8.41. The highest BCUT2D eigenvalue weighted by molar-refractivity contribution is 6.74. The molecule has 0 aliphatic carbocycles. The van der Waals surface area contributed by atoms with Crippen molar-refractivity contribution in [1.29, 1.82) is 0 Å². The Morgan fingerprint density at radius 2 is 1.62 bits per heavy atom. The molecule has 0 N–H and O–H groups in total. The molecular formula is C22H29ClO2Si. The molecule has 0 spiro atoms. The molecule has 2 aromatic rings. The van der Waals surface area contributed by atoms with Crippen molar-refractivity contribution in [3.63, 3.8) is 0 Å². The van der Waals surface area contributed by atoms with Crippen LogP contribution in [0.4, 0.5) is 0 Å². The Hall–Kier alpha value is -1.58. The molecule has 0 bridgehead atoms. The highest BCUT2D eigenvalue weighted by Crippen LogP contribution is 2.37. The summed E-state index contributed by atoms with van der Waals surface area (Å²) >= 11 is 5.95. The SMILES string of the molecule is CC(C)(C)[Si](C)(C)Oc1ccc(C(=O)C(CCCl)c2ccccc2)cc1. The first-order valence-electron chi connectivity index (χ1n) is 9.10. The van der Waals surface area contributed by atoms with Crippen molar-refractivity contribution < 1.29 is 9.22 Å². The molecule has 0 radical (unpaired) electrons. The first kappa shape index (κ1) is 20.7. The summed E-state index contributed by atoms with van der Waals surface area (Å²) in [5, 5.41) is 0.139. The average Bonchev–Trinajstić information content (AvgIpc) is 2.59. The van der Waals surface area contributed by atoms with Crippen LogP contribution in [0, 0.1) is 0 Å². The number of carbonyl (C=O) groups is 1. The Labute approximate surface area is 163 Å². The second-order valence-electron chi connectivity index (χ2n) is 8.19. The summed E-state index contributed by atoms with van der Waals surface area (Å²) in [5.74, 6) is 1.19. The van der Waals surface area contributed by atoms with Crippen LogP contribution in [0.25, 0.3) is 0 Å². The van der Waals surface area contributed by atoms with E-state index in [1.54, 1.807) is 0 Å². The number of halogens is 1. The van der Waals surface area contributed by atoms with Crippen molar-refractivity contribution >= 4 is 25.7 Å². The predicted molar refractivity (Wildman–Crippen MR) is 113 cm³/mol. The zero-order valence-corrected chi connectivity index (χ0v) is 18.1. The average molecular weight is 389 g/mol. The molecule has 0 saturated carbocycles. The van der Waals surface area contributed by atoms with Crippen LogP contribution in [0.3, 0.4) is 0 Å². The highest BCUT2D eigenvalue weighted by Gasteiger charge is 2.39. The van der Waals surface area contributed by atoms with Gasteiger partial charge in [0, 0.05) is 17.4 Å². The number of Topliss-reactive ketones (excluding diaryl/α,β-unsaturated/α-hetero) is 1. The number of alkyl halides is 1. The van der Waals surface area contributed by atoms with Crippen LogP contribution in [0.1, 0.15) is 49.0 Å². The molecule has 2 rings (SSSR count). The molecule has 26 heavy (non-hydrogen) atoms. The number of hydrogen-bond acceptors (Lipinski definition) is 2. The maximum Gasteiger partial charge on any atom is 0.250 e. The van der Waals surface area contributed by atoms with E-state index in [1.807, 2.05) is 54.6 Å². The lowest BCUT2D eigenvalue weighted by Gasteiger charge is -2.36. The third kappa shape index (κ3) is 4.98. The standard InChI is InChI=1S/C22H29ClO2Si/c1-22(2,3)26(4,5)25-19-13-11-18(12-14-19)21(24)20(15-16-23)17-9-7-6-8-10-17/h6-14,20H,15-16H2,1-5H3. The fourth-order valence-corrected chi connectivity index (χ4v) is 3.83. The van der Waals surface area contributed by atoms with Gasteiger partial charge in [-0.2, -0.15) is 0 Å². The monoisotopic (exact) mass is 388 g/mol. The van der Waals surface area contributed by atoms with Gasteiger partial charge in [-0.15, -0.1) is 11.6 Å². The molecule has 0 aliphatic rings. The van der Waals surface area contributed by atoms with Gasteiger partial charge in [-0.25, -0.2) is 0 Å². The van der Waals surface area contributed by atoms with Gasteiger partial charge in [0.2, 0.25) is 8.32 Å². The van der Waals surface area contributed by atoms with Gasteiger partial charge in [-0.3, -0.25) is 4.79 Å². The van der Waals surface area contributed by atoms with E-state index < -0.39 is 8.32 Å². The van der Waals surface area contributed by atoms with Crippen LogP contribution in [-0.4, -0.2) is 20.0 Å². The lowest BCUT2D eigenvalue weighted by Crippen LogP contribution is -2.43. The topological polar surface area (TPSA) is 26.3 Å². The summed E-state index contributed by atoms with van der Waals surface area (Å²) in [6, 6.07) is 17.4. The van der Waals surface area contributed by atoms with Crippen LogP contribution in [0.5, 0.6) is 5.75 Å². The maximum absolute atomic E-state index is 13.0. The van der Waals surface area contributed by atoms with Gasteiger partial charge in [-0.1, -0.05) is 51.1 Å². The van der Waals surface area contributed by atoms with Crippen LogP contribution in [-0.2, 0) is 0 Å². The predicted octanol–water partition coefficient (Wildman–Crippen LogP) is 6.67. The Balaban J connectivity index is 2.20. The Kier molecular flexibility index (Phi) is 6.70. The fourth-order valence-electron chi connectivity index (χ4n) is 2.58. The van der Waals surface area contributed by atoms with Gasteiger partial charge in [-0.05, 0) is 54.4 Å². The second-order valence-corrected chi connectivity index (χ2v) is 13.3. The molecule has 0 fully saturated rings. The van der Waals surface area contributed by atoms with Gasteiger partial charge in [0.1, 0.15) is 5.75 Å². The molecule has 4 heteroatoms. The third-order valence-corrected chi connectivity index (χ3v) is 9.81. The molecule has 2 nitrogen and oxygen atoms in total. The number of carbonyl (C=O) groups excluding carboxylic acids is 1. The van der Waals surface area contributed by atoms with Crippen molar-refractivity contribution in [1.82, 2.24) is 0 Å². The van der Waals surface area contributed by atoms with Crippen LogP contribution >= 0.6 is 11.6 Å². The number of rotatable bonds is 7. The summed E-state index contributed by atoms with van der Waals surface area (Å²) in [5.41, 5.74) is 1.71. The van der Waals surface area contributed by atoms with Gasteiger partial charge >= 0.3 is 0 Å². The van der Waals surface area contributed by atoms with E-state index in [1.165, 1.54) is 0 Å². The minimum Gasteiger partial charge on any atom is -0.544 e. The molecule has 1 unspecified atom stereocenters. The lowest BCUT2D eigenvalue weighted by atomic mass is 9.88. The van der Waals surface area contributed by atoms with E-state index in [9.17, 15) is 4.79 Å². The summed E-state index contributed by atoms with van der Waals surface area (Å²) in [6.45, 7) is 11.1. The van der Waals surface area contributed by atoms with Gasteiger partial charge in [0.05, 0.1) is 0 Å². The maximum atomic E-state index is 13.0. The smallest absolute Gasteiger partial charge is 0.250 e. The zero-order chi connectivity index (χ0) is 19.4. The Morgan fingerprint density at radius 3 is 2.12 bits per heavy atom. The van der Waals surface area contributed by atoms with Crippen molar-refractivity contribution in [2.45, 2.75) is 51.2 Å². The van der Waals surface area contributed by atoms with Crippen LogP contribution < -0.4 is 4.43 Å². The quantitative estimate of drug-likeness (QED) is 0.301. The summed E-state index contributed by atoms with van der Waals surface area (Å²) in [4.78, 5) is 13.0. The Morgan fingerprint density at radius 1 is 1.04 bits per heavy atom. The van der Waals surface area contributed by atoms with Crippen molar-refractivity contribution in [3.05, 3.63) is 65.7 Å². The minimum absolute atomic E-state index is 0.107. The van der Waals surface area contributed by atoms with Crippen LogP contribution in [0.15, 0.2) is 54.6 Å². The van der Waals surface area contributed by atoms with E-state index in [-0.39, 0.29) is 16.7 Å². The zero-order valence-electron chi connectivity index (χ0n) is 16.4. The highest BCUT2D eigenvalue weighted by atomic mass is 35.5. The molecule has 0 heterocycles. The van der Waals surface area contributed by atoms with Crippen molar-refractivity contribution in [2.24, 2.45) is 0 Å². The van der Waals surface area contributed by atoms with E-state index in [4.69, 9.17) is 16.0 Å². The fraction of sp³-hybridized carbons (Fsp3) is 0.409. The van der Waals surface area contributed by atoms with Crippen molar-refractivity contribution in [3.8, 4) is 5.75 Å². The number of hydrogen-bond donors (Lipinski definition) is 0. The Bertz CT molecular complexity index is 718. The van der Waals surface area contributed by atoms with E-state index in [2.05, 4.69) is 33.9 Å². The normalized spacial score (nSPS) is 13.3. The van der Waals surface area contributed by atoms with Crippen molar-refractivity contribution in [2.75, 3.05) is 5.88 Å².